The van der Waals surface area contributed by atoms with E-state index in [1.165, 1.54) is 238 Å². The second-order valence-electron chi connectivity index (χ2n) is 27.4. The summed E-state index contributed by atoms with van der Waals surface area (Å²) < 4.78 is 68.5. The quantitative estimate of drug-likeness (QED) is 0.0222. The molecule has 17 nitrogen and oxygen atoms in total. The topological polar surface area (TPSA) is 237 Å². The highest BCUT2D eigenvalue weighted by atomic mass is 31.2. The van der Waals surface area contributed by atoms with Crippen LogP contribution in [0, 0.1) is 0 Å². The summed E-state index contributed by atoms with van der Waals surface area (Å²) in [6.45, 7) is 4.99. The lowest BCUT2D eigenvalue weighted by Crippen LogP contribution is -2.30. The van der Waals surface area contributed by atoms with Crippen molar-refractivity contribution in [3.63, 3.8) is 0 Å². The van der Waals surface area contributed by atoms with Crippen LogP contribution in [0.4, 0.5) is 0 Å². The number of phosphoric acid groups is 2. The first-order valence-electron chi connectivity index (χ1n) is 39.8. The van der Waals surface area contributed by atoms with E-state index in [9.17, 15) is 43.2 Å². The fraction of sp³-hybridized carbons (Fsp3) is 0.947. The molecular weight excluding hydrogens is 1250 g/mol. The van der Waals surface area contributed by atoms with Crippen molar-refractivity contribution < 1.29 is 80.2 Å². The molecule has 0 rings (SSSR count). The third-order valence-corrected chi connectivity index (χ3v) is 19.8. The first kappa shape index (κ1) is 93.1. The average molecular weight is 1400 g/mol. The van der Waals surface area contributed by atoms with E-state index in [0.717, 1.165) is 89.9 Å². The molecule has 2 unspecified atom stereocenters. The van der Waals surface area contributed by atoms with Crippen LogP contribution in [-0.4, -0.2) is 96.7 Å². The molecule has 0 aromatic rings. The maximum Gasteiger partial charge on any atom is 0.472 e. The van der Waals surface area contributed by atoms with Crippen molar-refractivity contribution >= 4 is 39.5 Å². The minimum Gasteiger partial charge on any atom is -0.462 e. The monoisotopic (exact) mass is 1400 g/mol. The zero-order chi connectivity index (χ0) is 69.7. The van der Waals surface area contributed by atoms with Crippen molar-refractivity contribution in [2.24, 2.45) is 0 Å². The number of aliphatic hydroxyl groups excluding tert-OH is 1. The predicted molar refractivity (Wildman–Crippen MR) is 386 cm³/mol. The van der Waals surface area contributed by atoms with Gasteiger partial charge in [-0.05, 0) is 25.7 Å². The van der Waals surface area contributed by atoms with Crippen molar-refractivity contribution in [3.05, 3.63) is 0 Å². The van der Waals surface area contributed by atoms with Gasteiger partial charge in [0.1, 0.15) is 19.3 Å². The molecule has 0 aromatic carbocycles. The molecule has 564 valence electrons. The van der Waals surface area contributed by atoms with E-state index in [0.29, 0.717) is 25.7 Å². The molecule has 0 aliphatic heterocycles. The van der Waals surface area contributed by atoms with Crippen molar-refractivity contribution in [3.8, 4) is 0 Å². The SMILES string of the molecule is CCCCCCCCCCCCCCCCCCCCC(=O)O[C@H](COC(=O)CCCCCCCCCCCCCCCC)COP(=O)(O)OC[C@@H](O)COP(=O)(O)OC[C@@H](COC(=O)CCCCCCCCCCCC)OC(=O)CCCCCCCCCCCCCCC. The first-order valence-corrected chi connectivity index (χ1v) is 42.8. The van der Waals surface area contributed by atoms with Gasteiger partial charge in [0, 0.05) is 25.7 Å². The van der Waals surface area contributed by atoms with Gasteiger partial charge in [0.2, 0.25) is 0 Å². The average Bonchev–Trinajstić information content (AvgIpc) is 2.11. The van der Waals surface area contributed by atoms with Crippen LogP contribution in [-0.2, 0) is 65.4 Å². The Balaban J connectivity index is 5.23. The number of hydrogen-bond donors (Lipinski definition) is 3. The first-order chi connectivity index (χ1) is 46.2. The van der Waals surface area contributed by atoms with Gasteiger partial charge in [-0.15, -0.1) is 0 Å². The van der Waals surface area contributed by atoms with Gasteiger partial charge in [0.15, 0.2) is 12.2 Å². The Kier molecular flexibility index (Phi) is 69.1. The van der Waals surface area contributed by atoms with Gasteiger partial charge in [0.25, 0.3) is 0 Å². The van der Waals surface area contributed by atoms with Crippen LogP contribution >= 0.6 is 15.6 Å². The van der Waals surface area contributed by atoms with Crippen molar-refractivity contribution in [2.45, 2.75) is 425 Å². The second-order valence-corrected chi connectivity index (χ2v) is 30.3. The van der Waals surface area contributed by atoms with Gasteiger partial charge in [-0.25, -0.2) is 9.13 Å². The van der Waals surface area contributed by atoms with Gasteiger partial charge in [0.05, 0.1) is 26.4 Å². The van der Waals surface area contributed by atoms with E-state index in [1.54, 1.807) is 0 Å². The highest BCUT2D eigenvalue weighted by Crippen LogP contribution is 2.45. The summed E-state index contributed by atoms with van der Waals surface area (Å²) in [5.74, 6) is -2.11. The van der Waals surface area contributed by atoms with Crippen LogP contribution in [0.15, 0.2) is 0 Å². The normalized spacial score (nSPS) is 13.9. The number of ether oxygens (including phenoxy) is 4. The van der Waals surface area contributed by atoms with E-state index in [1.807, 2.05) is 0 Å². The van der Waals surface area contributed by atoms with Crippen LogP contribution in [0.25, 0.3) is 0 Å². The summed E-state index contributed by atoms with van der Waals surface area (Å²) in [4.78, 5) is 72.8. The minimum absolute atomic E-state index is 0.108. The lowest BCUT2D eigenvalue weighted by molar-refractivity contribution is -0.161. The lowest BCUT2D eigenvalue weighted by Gasteiger charge is -2.21. The largest absolute Gasteiger partial charge is 0.472 e. The Morgan fingerprint density at radius 2 is 0.421 bits per heavy atom. The zero-order valence-corrected chi connectivity index (χ0v) is 63.4. The molecule has 19 heteroatoms. The third kappa shape index (κ3) is 70.3. The maximum atomic E-state index is 13.1. The summed E-state index contributed by atoms with van der Waals surface area (Å²) >= 11 is 0. The van der Waals surface area contributed by atoms with Gasteiger partial charge in [-0.2, -0.15) is 0 Å². The van der Waals surface area contributed by atoms with Crippen molar-refractivity contribution in [1.82, 2.24) is 0 Å². The van der Waals surface area contributed by atoms with Crippen LogP contribution < -0.4 is 0 Å². The Morgan fingerprint density at radius 3 is 0.621 bits per heavy atom. The molecule has 5 atom stereocenters. The molecule has 0 radical (unpaired) electrons. The fourth-order valence-electron chi connectivity index (χ4n) is 11.8. The Labute approximate surface area is 581 Å². The summed E-state index contributed by atoms with van der Waals surface area (Å²) in [5.41, 5.74) is 0. The Morgan fingerprint density at radius 1 is 0.253 bits per heavy atom. The standard InChI is InChI=1S/C76H148O17P2/c1-5-9-13-17-21-25-29-32-34-35-36-37-40-43-47-51-55-59-63-76(81)93-72(67-87-74(79)61-57-53-49-45-41-39-33-30-26-22-18-14-10-6-2)69-91-95(84,85)89-65-70(77)64-88-94(82,83)90-68-71(66-86-73(78)60-56-52-48-44-28-24-20-16-12-8-4)92-75(80)62-58-54-50-46-42-38-31-27-23-19-15-11-7-3/h70-72,77H,5-69H2,1-4H3,(H,82,83)(H,84,85)/t70-,71+,72+/m0/s1. The van der Waals surface area contributed by atoms with Crippen LogP contribution in [0.2, 0.25) is 0 Å². The van der Waals surface area contributed by atoms with Gasteiger partial charge in [-0.1, -0.05) is 355 Å². The second kappa shape index (κ2) is 70.5. The minimum atomic E-state index is -4.96. The summed E-state index contributed by atoms with van der Waals surface area (Å²) in [6, 6.07) is 0. The van der Waals surface area contributed by atoms with Gasteiger partial charge < -0.3 is 33.8 Å². The number of carbonyl (C=O) groups excluding carboxylic acids is 4. The van der Waals surface area contributed by atoms with E-state index in [2.05, 4.69) is 27.7 Å². The lowest BCUT2D eigenvalue weighted by atomic mass is 10.0. The molecule has 0 fully saturated rings. The molecule has 0 heterocycles. The predicted octanol–water partition coefficient (Wildman–Crippen LogP) is 22.6. The Hall–Kier alpha value is -1.94. The summed E-state index contributed by atoms with van der Waals surface area (Å²) in [5, 5.41) is 10.6. The molecule has 0 aliphatic carbocycles. The molecule has 0 spiro atoms. The molecule has 0 bridgehead atoms. The number of esters is 4. The number of carbonyl (C=O) groups is 4. The molecule has 0 aliphatic rings. The van der Waals surface area contributed by atoms with Crippen molar-refractivity contribution in [2.75, 3.05) is 39.6 Å². The number of unbranched alkanes of at least 4 members (excludes halogenated alkanes) is 51. The van der Waals surface area contributed by atoms with Crippen LogP contribution in [0.5, 0.6) is 0 Å². The van der Waals surface area contributed by atoms with Crippen LogP contribution in [0.3, 0.4) is 0 Å². The molecule has 0 saturated heterocycles. The summed E-state index contributed by atoms with van der Waals surface area (Å²) in [6.07, 6.45) is 60.9. The highest BCUT2D eigenvalue weighted by Gasteiger charge is 2.30. The number of aliphatic hydroxyl groups is 1. The van der Waals surface area contributed by atoms with Gasteiger partial charge >= 0.3 is 39.5 Å². The number of rotatable bonds is 77. The number of phosphoric ester groups is 2. The molecule has 0 amide bonds. The van der Waals surface area contributed by atoms with Gasteiger partial charge in [-0.3, -0.25) is 37.3 Å². The van der Waals surface area contributed by atoms with Crippen molar-refractivity contribution in [1.29, 1.82) is 0 Å². The van der Waals surface area contributed by atoms with E-state index in [4.69, 9.17) is 37.0 Å². The van der Waals surface area contributed by atoms with E-state index < -0.39 is 97.5 Å². The maximum absolute atomic E-state index is 13.1. The molecule has 0 aromatic heterocycles. The smallest absolute Gasteiger partial charge is 0.462 e. The zero-order valence-electron chi connectivity index (χ0n) is 61.6. The van der Waals surface area contributed by atoms with E-state index >= 15 is 0 Å². The fourth-order valence-corrected chi connectivity index (χ4v) is 13.3. The molecule has 3 N–H and O–H groups in total. The highest BCUT2D eigenvalue weighted by molar-refractivity contribution is 7.47. The Bertz CT molecular complexity index is 1810. The van der Waals surface area contributed by atoms with E-state index in [-0.39, 0.29) is 25.7 Å². The molecular formula is C76H148O17P2. The molecule has 0 saturated carbocycles. The van der Waals surface area contributed by atoms with Crippen LogP contribution in [0.1, 0.15) is 407 Å². The number of hydrogen-bond acceptors (Lipinski definition) is 15. The third-order valence-electron chi connectivity index (χ3n) is 17.9. The molecule has 95 heavy (non-hydrogen) atoms. The summed E-state index contributed by atoms with van der Waals surface area (Å²) in [7, 11) is -9.91.